The van der Waals surface area contributed by atoms with Crippen LogP contribution in [0.3, 0.4) is 0 Å². The Morgan fingerprint density at radius 3 is 2.14 bits per heavy atom. The molecule has 0 atom stereocenters. The minimum atomic E-state index is -1.08. The van der Waals surface area contributed by atoms with Gasteiger partial charge in [0.1, 0.15) is 6.54 Å². The van der Waals surface area contributed by atoms with Gasteiger partial charge >= 0.3 is 5.97 Å². The van der Waals surface area contributed by atoms with Crippen LogP contribution in [0.4, 0.5) is 17.1 Å². The van der Waals surface area contributed by atoms with Crippen molar-refractivity contribution < 1.29 is 19.5 Å². The van der Waals surface area contributed by atoms with E-state index < -0.39 is 5.97 Å². The number of aromatic carboxylic acids is 1. The molecule has 8 nitrogen and oxygen atoms in total. The van der Waals surface area contributed by atoms with Crippen molar-refractivity contribution in [1.29, 1.82) is 0 Å². The fraction of sp³-hybridized carbons (Fsp3) is 0.250. The maximum absolute atomic E-state index is 13.4. The van der Waals surface area contributed by atoms with Gasteiger partial charge in [0.2, 0.25) is 11.8 Å². The van der Waals surface area contributed by atoms with Crippen LogP contribution in [0.25, 0.3) is 0 Å². The lowest BCUT2D eigenvalue weighted by atomic mass is 10.1. The molecule has 2 amide bonds. The van der Waals surface area contributed by atoms with E-state index >= 15 is 0 Å². The van der Waals surface area contributed by atoms with Crippen molar-refractivity contribution in [2.45, 2.75) is 6.54 Å². The number of carbonyl (C=O) groups is 3. The Morgan fingerprint density at radius 1 is 0.806 bits per heavy atom. The van der Waals surface area contributed by atoms with Gasteiger partial charge in [0.15, 0.2) is 0 Å². The van der Waals surface area contributed by atoms with Crippen LogP contribution in [0, 0.1) is 0 Å². The Hall–Kier alpha value is -4.17. The number of carbonyl (C=O) groups excluding carboxylic acids is 2. The number of hydrogen-bond donors (Lipinski definition) is 1. The highest BCUT2D eigenvalue weighted by molar-refractivity contribution is 6.12. The summed E-state index contributed by atoms with van der Waals surface area (Å²) < 4.78 is 0. The van der Waals surface area contributed by atoms with Crippen molar-refractivity contribution in [3.8, 4) is 0 Å². The first kappa shape index (κ1) is 23.6. The number of fused-ring (bicyclic) bond motifs is 1. The zero-order valence-corrected chi connectivity index (χ0v) is 19.9. The van der Waals surface area contributed by atoms with Gasteiger partial charge in [-0.1, -0.05) is 48.5 Å². The van der Waals surface area contributed by atoms with Crippen LogP contribution in [-0.2, 0) is 16.1 Å². The molecule has 184 valence electrons. The van der Waals surface area contributed by atoms with E-state index in [0.717, 1.165) is 31.7 Å². The van der Waals surface area contributed by atoms with Crippen LogP contribution < -0.4 is 14.7 Å². The lowest BCUT2D eigenvalue weighted by Crippen LogP contribution is -2.53. The molecule has 0 aromatic heterocycles. The number of para-hydroxylation sites is 1. The zero-order chi connectivity index (χ0) is 25.1. The van der Waals surface area contributed by atoms with Crippen molar-refractivity contribution in [2.75, 3.05) is 54.0 Å². The van der Waals surface area contributed by atoms with Gasteiger partial charge in [-0.2, -0.15) is 0 Å². The Balaban J connectivity index is 1.34. The van der Waals surface area contributed by atoms with E-state index in [0.29, 0.717) is 17.9 Å². The molecule has 3 aromatic rings. The highest BCUT2D eigenvalue weighted by atomic mass is 16.4. The van der Waals surface area contributed by atoms with Crippen LogP contribution in [0.2, 0.25) is 0 Å². The smallest absolute Gasteiger partial charge is 0.335 e. The number of carboxylic acid groups (broad SMARTS) is 1. The van der Waals surface area contributed by atoms with Crippen molar-refractivity contribution in [3.63, 3.8) is 0 Å². The Labute approximate surface area is 210 Å². The highest BCUT2D eigenvalue weighted by Gasteiger charge is 2.34. The van der Waals surface area contributed by atoms with E-state index in [4.69, 9.17) is 0 Å². The summed E-state index contributed by atoms with van der Waals surface area (Å²) in [6.07, 6.45) is 0. The molecular formula is C28H28N4O4. The van der Waals surface area contributed by atoms with Crippen LogP contribution in [0.1, 0.15) is 15.9 Å². The molecule has 36 heavy (non-hydrogen) atoms. The SMILES string of the molecule is O=C(O)c1ccc2c(c1)N(C(=O)CN1CCN(c3ccccc3)CC1)CC(=O)N2Cc1ccccc1. The molecule has 8 heteroatoms. The molecule has 0 unspecified atom stereocenters. The normalized spacial score (nSPS) is 16.1. The summed E-state index contributed by atoms with van der Waals surface area (Å²) in [6, 6.07) is 24.4. The summed E-state index contributed by atoms with van der Waals surface area (Å²) in [7, 11) is 0. The lowest BCUT2D eigenvalue weighted by Gasteiger charge is -2.39. The van der Waals surface area contributed by atoms with Crippen molar-refractivity contribution in [1.82, 2.24) is 4.90 Å². The molecule has 0 spiro atoms. The third-order valence-corrected chi connectivity index (χ3v) is 6.74. The average molecular weight is 485 g/mol. The Kier molecular flexibility index (Phi) is 6.69. The molecule has 5 rings (SSSR count). The van der Waals surface area contributed by atoms with E-state index in [9.17, 15) is 19.5 Å². The fourth-order valence-corrected chi connectivity index (χ4v) is 4.78. The number of rotatable bonds is 6. The Bertz CT molecular complexity index is 1260. The largest absolute Gasteiger partial charge is 0.478 e. The van der Waals surface area contributed by atoms with Gasteiger partial charge in [0.25, 0.3) is 0 Å². The van der Waals surface area contributed by atoms with Crippen LogP contribution in [-0.4, -0.2) is 67.1 Å². The first-order chi connectivity index (χ1) is 17.5. The summed E-state index contributed by atoms with van der Waals surface area (Å²) in [5.74, 6) is -1.48. The van der Waals surface area contributed by atoms with Gasteiger partial charge in [-0.15, -0.1) is 0 Å². The maximum Gasteiger partial charge on any atom is 0.335 e. The van der Waals surface area contributed by atoms with Crippen LogP contribution >= 0.6 is 0 Å². The number of hydrogen-bond acceptors (Lipinski definition) is 5. The minimum Gasteiger partial charge on any atom is -0.478 e. The first-order valence-corrected chi connectivity index (χ1v) is 12.0. The molecule has 0 radical (unpaired) electrons. The van der Waals surface area contributed by atoms with E-state index in [-0.39, 0.29) is 30.5 Å². The first-order valence-electron chi connectivity index (χ1n) is 12.0. The number of anilines is 3. The van der Waals surface area contributed by atoms with E-state index in [1.165, 1.54) is 22.7 Å². The monoisotopic (exact) mass is 484 g/mol. The average Bonchev–Trinajstić information content (AvgIpc) is 2.91. The molecule has 3 aromatic carbocycles. The summed E-state index contributed by atoms with van der Waals surface area (Å²) in [5, 5.41) is 9.55. The summed E-state index contributed by atoms with van der Waals surface area (Å²) >= 11 is 0. The van der Waals surface area contributed by atoms with E-state index in [1.807, 2.05) is 48.5 Å². The van der Waals surface area contributed by atoms with Crippen molar-refractivity contribution in [2.24, 2.45) is 0 Å². The minimum absolute atomic E-state index is 0.0806. The third-order valence-electron chi connectivity index (χ3n) is 6.74. The molecule has 1 fully saturated rings. The topological polar surface area (TPSA) is 84.4 Å². The quantitative estimate of drug-likeness (QED) is 0.579. The van der Waals surface area contributed by atoms with Crippen molar-refractivity contribution in [3.05, 3.63) is 90.0 Å². The van der Waals surface area contributed by atoms with Crippen LogP contribution in [0.15, 0.2) is 78.9 Å². The third kappa shape index (κ3) is 4.94. The zero-order valence-electron chi connectivity index (χ0n) is 19.9. The van der Waals surface area contributed by atoms with Gasteiger partial charge < -0.3 is 14.9 Å². The van der Waals surface area contributed by atoms with Crippen molar-refractivity contribution >= 4 is 34.8 Å². The second-order valence-electron chi connectivity index (χ2n) is 9.05. The molecule has 2 aliphatic heterocycles. The summed E-state index contributed by atoms with van der Waals surface area (Å²) in [5.41, 5.74) is 3.20. The maximum atomic E-state index is 13.4. The molecule has 2 heterocycles. The summed E-state index contributed by atoms with van der Waals surface area (Å²) in [6.45, 7) is 3.47. The van der Waals surface area contributed by atoms with Crippen LogP contribution in [0.5, 0.6) is 0 Å². The lowest BCUT2D eigenvalue weighted by molar-refractivity contribution is -0.123. The Morgan fingerprint density at radius 2 is 1.47 bits per heavy atom. The van der Waals surface area contributed by atoms with Gasteiger partial charge in [-0.25, -0.2) is 4.79 Å². The standard InChI is InChI=1S/C28H28N4O4/c33-26(19-29-13-15-30(16-14-29)23-9-5-2-6-10-23)32-20-27(34)31(18-21-7-3-1-4-8-21)24-12-11-22(28(35)36)17-25(24)32/h1-12,17H,13-16,18-20H2,(H,35,36). The molecule has 1 N–H and O–H groups in total. The number of nitrogens with zero attached hydrogens (tertiary/aromatic N) is 4. The number of amides is 2. The van der Waals surface area contributed by atoms with E-state index in [2.05, 4.69) is 21.9 Å². The van der Waals surface area contributed by atoms with Gasteiger partial charge in [-0.05, 0) is 35.9 Å². The summed E-state index contributed by atoms with van der Waals surface area (Å²) in [4.78, 5) is 45.7. The second kappa shape index (κ2) is 10.2. The predicted octanol–water partition coefficient (Wildman–Crippen LogP) is 3.09. The number of carboxylic acids is 1. The molecule has 0 saturated carbocycles. The fourth-order valence-electron chi connectivity index (χ4n) is 4.78. The molecule has 1 saturated heterocycles. The molecular weight excluding hydrogens is 456 g/mol. The predicted molar refractivity (Wildman–Crippen MR) is 138 cm³/mol. The second-order valence-corrected chi connectivity index (χ2v) is 9.05. The number of benzene rings is 3. The molecule has 0 bridgehead atoms. The molecule has 2 aliphatic rings. The number of piperazine rings is 1. The highest BCUT2D eigenvalue weighted by Crippen LogP contribution is 2.36. The van der Waals surface area contributed by atoms with Gasteiger partial charge in [-0.3, -0.25) is 19.4 Å². The van der Waals surface area contributed by atoms with Gasteiger partial charge in [0, 0.05) is 31.9 Å². The van der Waals surface area contributed by atoms with E-state index in [1.54, 1.807) is 11.0 Å². The molecule has 0 aliphatic carbocycles. The van der Waals surface area contributed by atoms with Gasteiger partial charge in [0.05, 0.1) is 30.0 Å².